The summed E-state index contributed by atoms with van der Waals surface area (Å²) in [6, 6.07) is 5.60. The predicted octanol–water partition coefficient (Wildman–Crippen LogP) is 3.90. The van der Waals surface area contributed by atoms with E-state index in [0.29, 0.717) is 13.0 Å². The molecule has 24 heavy (non-hydrogen) atoms. The van der Waals surface area contributed by atoms with Crippen LogP contribution in [-0.2, 0) is 16.0 Å². The second-order valence-electron chi connectivity index (χ2n) is 7.32. The Morgan fingerprint density at radius 1 is 1.33 bits per heavy atom. The fourth-order valence-corrected chi connectivity index (χ4v) is 2.82. The molecule has 0 aliphatic carbocycles. The molecule has 5 heteroatoms. The summed E-state index contributed by atoms with van der Waals surface area (Å²) >= 11 is 0. The monoisotopic (exact) mass is 332 g/mol. The molecule has 2 amide bonds. The van der Waals surface area contributed by atoms with Crippen LogP contribution >= 0.6 is 0 Å². The van der Waals surface area contributed by atoms with Gasteiger partial charge >= 0.3 is 6.09 Å². The Balaban J connectivity index is 2.10. The Labute approximate surface area is 144 Å². The number of hydrogen-bond acceptors (Lipinski definition) is 3. The molecule has 1 N–H and O–H groups in total. The Kier molecular flexibility index (Phi) is 5.52. The molecule has 1 heterocycles. The minimum atomic E-state index is -0.563. The molecule has 1 fully saturated rings. The number of nitrogens with one attached hydrogen (secondary N) is 1. The Morgan fingerprint density at radius 2 is 2.04 bits per heavy atom. The first-order valence-electron chi connectivity index (χ1n) is 8.61. The molecule has 0 radical (unpaired) electrons. The number of hydrogen-bond donors (Lipinski definition) is 1. The van der Waals surface area contributed by atoms with Crippen LogP contribution in [0.4, 0.5) is 10.5 Å². The van der Waals surface area contributed by atoms with Crippen molar-refractivity contribution in [3.63, 3.8) is 0 Å². The largest absolute Gasteiger partial charge is 0.444 e. The van der Waals surface area contributed by atoms with E-state index in [1.165, 1.54) is 5.56 Å². The van der Waals surface area contributed by atoms with Gasteiger partial charge in [0.1, 0.15) is 11.6 Å². The van der Waals surface area contributed by atoms with E-state index < -0.39 is 17.7 Å². The molecular formula is C19H28N2O3. The summed E-state index contributed by atoms with van der Waals surface area (Å²) in [5.41, 5.74) is 2.44. The number of anilines is 1. The summed E-state index contributed by atoms with van der Waals surface area (Å²) in [4.78, 5) is 26.5. The molecule has 1 aromatic carbocycles. The summed E-state index contributed by atoms with van der Waals surface area (Å²) < 4.78 is 5.42. The summed E-state index contributed by atoms with van der Waals surface area (Å²) in [6.07, 6.45) is 1.97. The molecule has 0 spiro atoms. The first kappa shape index (κ1) is 18.3. The van der Waals surface area contributed by atoms with E-state index in [4.69, 9.17) is 4.74 Å². The molecule has 1 aliphatic heterocycles. The van der Waals surface area contributed by atoms with Gasteiger partial charge in [-0.15, -0.1) is 0 Å². The topological polar surface area (TPSA) is 58.6 Å². The zero-order chi connectivity index (χ0) is 17.9. The molecular weight excluding hydrogens is 304 g/mol. The molecule has 1 aromatic rings. The van der Waals surface area contributed by atoms with Gasteiger partial charge < -0.3 is 10.1 Å². The summed E-state index contributed by atoms with van der Waals surface area (Å²) in [7, 11) is 0. The van der Waals surface area contributed by atoms with Gasteiger partial charge in [0.25, 0.3) is 0 Å². The van der Waals surface area contributed by atoms with Crippen LogP contribution in [0.25, 0.3) is 0 Å². The zero-order valence-corrected chi connectivity index (χ0v) is 15.3. The number of amides is 2. The maximum atomic E-state index is 12.7. The lowest BCUT2D eigenvalue weighted by Gasteiger charge is -2.28. The van der Waals surface area contributed by atoms with E-state index in [1.54, 1.807) is 4.90 Å². The quantitative estimate of drug-likeness (QED) is 0.913. The number of carbonyl (C=O) groups excluding carboxylic acids is 2. The summed E-state index contributed by atoms with van der Waals surface area (Å²) in [5, 5.41) is 2.99. The third kappa shape index (κ3) is 4.49. The number of carbonyl (C=O) groups is 2. The number of nitrogens with zero attached hydrogens (tertiary/aromatic N) is 1. The predicted molar refractivity (Wildman–Crippen MR) is 95.1 cm³/mol. The van der Waals surface area contributed by atoms with Crippen LogP contribution < -0.4 is 5.32 Å². The Morgan fingerprint density at radius 3 is 2.67 bits per heavy atom. The molecule has 0 saturated carbocycles. The standard InChI is InChI=1S/C19H28N2O3/c1-6-14-10-9-13(2)15(12-14)20-17(22)16-8-7-11-21(16)18(23)24-19(3,4)5/h9-10,12,16H,6-8,11H2,1-5H3,(H,20,22). The van der Waals surface area contributed by atoms with E-state index in [2.05, 4.69) is 18.3 Å². The van der Waals surface area contributed by atoms with Crippen LogP contribution in [0.5, 0.6) is 0 Å². The van der Waals surface area contributed by atoms with Crippen molar-refractivity contribution in [1.82, 2.24) is 4.90 Å². The molecule has 1 saturated heterocycles. The van der Waals surface area contributed by atoms with Gasteiger partial charge in [0, 0.05) is 12.2 Å². The smallest absolute Gasteiger partial charge is 0.410 e. The van der Waals surface area contributed by atoms with Crippen molar-refractivity contribution in [2.24, 2.45) is 0 Å². The number of likely N-dealkylation sites (tertiary alicyclic amines) is 1. The zero-order valence-electron chi connectivity index (χ0n) is 15.3. The third-order valence-electron chi connectivity index (χ3n) is 4.15. The highest BCUT2D eigenvalue weighted by Crippen LogP contribution is 2.24. The normalized spacial score (nSPS) is 17.7. The van der Waals surface area contributed by atoms with Crippen LogP contribution in [0.1, 0.15) is 51.7 Å². The molecule has 1 unspecified atom stereocenters. The highest BCUT2D eigenvalue weighted by atomic mass is 16.6. The van der Waals surface area contributed by atoms with Gasteiger partial charge in [-0.2, -0.15) is 0 Å². The maximum Gasteiger partial charge on any atom is 0.410 e. The van der Waals surface area contributed by atoms with Crippen molar-refractivity contribution in [2.75, 3.05) is 11.9 Å². The third-order valence-corrected chi connectivity index (χ3v) is 4.15. The highest BCUT2D eigenvalue weighted by Gasteiger charge is 2.36. The van der Waals surface area contributed by atoms with Gasteiger partial charge in [-0.1, -0.05) is 19.1 Å². The van der Waals surface area contributed by atoms with Crippen molar-refractivity contribution in [3.05, 3.63) is 29.3 Å². The summed E-state index contributed by atoms with van der Waals surface area (Å²) in [5.74, 6) is -0.144. The van der Waals surface area contributed by atoms with Gasteiger partial charge in [-0.25, -0.2) is 4.79 Å². The minimum Gasteiger partial charge on any atom is -0.444 e. The van der Waals surface area contributed by atoms with Crippen LogP contribution in [0.2, 0.25) is 0 Å². The summed E-state index contributed by atoms with van der Waals surface area (Å²) in [6.45, 7) is 10.1. The van der Waals surface area contributed by atoms with Crippen molar-refractivity contribution in [2.45, 2.75) is 65.5 Å². The van der Waals surface area contributed by atoms with Crippen molar-refractivity contribution < 1.29 is 14.3 Å². The lowest BCUT2D eigenvalue weighted by Crippen LogP contribution is -2.45. The average Bonchev–Trinajstić information content (AvgIpc) is 2.97. The lowest BCUT2D eigenvalue weighted by atomic mass is 10.1. The van der Waals surface area contributed by atoms with Crippen molar-refractivity contribution in [1.29, 1.82) is 0 Å². The Hall–Kier alpha value is -2.04. The van der Waals surface area contributed by atoms with Crippen molar-refractivity contribution >= 4 is 17.7 Å². The SMILES string of the molecule is CCc1ccc(C)c(NC(=O)C2CCCN2C(=O)OC(C)(C)C)c1. The van der Waals surface area contributed by atoms with Gasteiger partial charge in [0.2, 0.25) is 5.91 Å². The van der Waals surface area contributed by atoms with E-state index in [0.717, 1.165) is 24.1 Å². The first-order valence-corrected chi connectivity index (χ1v) is 8.61. The van der Waals surface area contributed by atoms with Gasteiger partial charge in [0.15, 0.2) is 0 Å². The molecule has 2 rings (SSSR count). The van der Waals surface area contributed by atoms with Gasteiger partial charge in [-0.3, -0.25) is 9.69 Å². The number of aryl methyl sites for hydroxylation is 2. The van der Waals surface area contributed by atoms with E-state index in [-0.39, 0.29) is 5.91 Å². The number of ether oxygens (including phenoxy) is 1. The van der Waals surface area contributed by atoms with Gasteiger partial charge in [0.05, 0.1) is 0 Å². The van der Waals surface area contributed by atoms with E-state index >= 15 is 0 Å². The molecule has 5 nitrogen and oxygen atoms in total. The fourth-order valence-electron chi connectivity index (χ4n) is 2.82. The molecule has 0 aromatic heterocycles. The molecule has 132 valence electrons. The average molecular weight is 332 g/mol. The van der Waals surface area contributed by atoms with Crippen molar-refractivity contribution in [3.8, 4) is 0 Å². The van der Waals surface area contributed by atoms with E-state index in [9.17, 15) is 9.59 Å². The molecule has 1 atom stereocenters. The lowest BCUT2D eigenvalue weighted by molar-refractivity contribution is -0.120. The van der Waals surface area contributed by atoms with E-state index in [1.807, 2.05) is 39.8 Å². The maximum absolute atomic E-state index is 12.7. The molecule has 1 aliphatic rings. The highest BCUT2D eigenvalue weighted by molar-refractivity contribution is 5.97. The minimum absolute atomic E-state index is 0.144. The number of benzene rings is 1. The van der Waals surface area contributed by atoms with Crippen LogP contribution in [0.3, 0.4) is 0 Å². The van der Waals surface area contributed by atoms with Gasteiger partial charge in [-0.05, 0) is 64.2 Å². The first-order chi connectivity index (χ1) is 11.2. The van der Waals surface area contributed by atoms with Crippen LogP contribution in [0, 0.1) is 6.92 Å². The van der Waals surface area contributed by atoms with Crippen LogP contribution in [0.15, 0.2) is 18.2 Å². The number of rotatable bonds is 3. The fraction of sp³-hybridized carbons (Fsp3) is 0.579. The van der Waals surface area contributed by atoms with Crippen LogP contribution in [-0.4, -0.2) is 35.1 Å². The second kappa shape index (κ2) is 7.24. The second-order valence-corrected chi connectivity index (χ2v) is 7.32. The Bertz CT molecular complexity index is 620. The molecule has 0 bridgehead atoms.